The summed E-state index contributed by atoms with van der Waals surface area (Å²) < 4.78 is 26.0. The van der Waals surface area contributed by atoms with E-state index in [-0.39, 0.29) is 71.9 Å². The molecule has 4 aliphatic rings. The second-order valence-electron chi connectivity index (χ2n) is 21.9. The molecule has 1 saturated carbocycles. The van der Waals surface area contributed by atoms with Crippen molar-refractivity contribution in [3.63, 3.8) is 0 Å². The van der Waals surface area contributed by atoms with Gasteiger partial charge >= 0.3 is 0 Å². The third-order valence-corrected chi connectivity index (χ3v) is 15.9. The number of halogens is 2. The van der Waals surface area contributed by atoms with Gasteiger partial charge in [-0.15, -0.1) is 0 Å². The molecular formula is C57H67ClFN7O7. The molecule has 4 heterocycles. The Morgan fingerprint density at radius 2 is 1.62 bits per heavy atom. The summed E-state index contributed by atoms with van der Waals surface area (Å²) in [6.07, 6.45) is 2.35. The molecule has 3 saturated heterocycles. The maximum atomic E-state index is 14.1. The number of hydrogen-bond acceptors (Lipinski definition) is 10. The number of carbonyl (C=O) groups is 4. The molecule has 3 aliphatic heterocycles. The molecule has 1 aromatic heterocycles. The van der Waals surface area contributed by atoms with Gasteiger partial charge in [-0.25, -0.2) is 4.39 Å². The monoisotopic (exact) mass is 1020 g/mol. The second kappa shape index (κ2) is 22.1. The maximum absolute atomic E-state index is 14.1. The minimum atomic E-state index is -0.983. The molecular weight excluding hydrogens is 949 g/mol. The van der Waals surface area contributed by atoms with Crippen molar-refractivity contribution in [2.24, 2.45) is 22.7 Å². The Bertz CT molecular complexity index is 2750. The maximum Gasteiger partial charge on any atom is 0.251 e. The fourth-order valence-corrected chi connectivity index (χ4v) is 12.1. The van der Waals surface area contributed by atoms with Crippen LogP contribution in [0.3, 0.4) is 0 Å². The fourth-order valence-electron chi connectivity index (χ4n) is 11.9. The SMILES string of the molecule is Cc1cc(C(C(=O)N2CC(O)CC2C(=O)NC(CC(=O)N2CCC(N3CCC(C#Cc4ccc(C(=O)NC5C(C)(C)C(Oc6ccc(C#N)c(Cl)c6)C5(C)C)cc4)CC3)CC2)c2ccc(F)cc2)C(C)C)on1. The number of β-amino-alcohol motifs (C(OH)–C–C–N with tert-alkyl or cyclic N) is 1. The standard InChI is InChI=1S/C57H67ClFN7O7/c1-34(2)50(48-28-35(3)63-73-48)53(71)66-33-43(67)29-47(66)52(70)61-46(38-14-17-41(59)18-15-38)31-49(68)65-26-22-42(23-27-65)64-24-20-37(21-25-64)9-8-36-10-12-39(13-11-36)51(69)62-54-56(4,5)55(57(54,6)7)72-44-19-16-40(32-60)45(58)30-44/h10-19,28,30,34,37,42-43,46-47,50,54-55,67H,20-27,29,31,33H2,1-7H3,(H,61,70)(H,62,69). The highest BCUT2D eigenvalue weighted by molar-refractivity contribution is 6.31. The molecule has 4 amide bonds. The molecule has 0 bridgehead atoms. The zero-order valence-electron chi connectivity index (χ0n) is 42.8. The molecule has 0 spiro atoms. The van der Waals surface area contributed by atoms with E-state index in [2.05, 4.69) is 66.3 Å². The summed E-state index contributed by atoms with van der Waals surface area (Å²) in [6.45, 7) is 16.8. The fraction of sp³-hybridized carbons (Fsp3) is 0.509. The number of aliphatic hydroxyl groups excluding tert-OH is 1. The van der Waals surface area contributed by atoms with E-state index in [4.69, 9.17) is 20.9 Å². The Morgan fingerprint density at radius 1 is 0.945 bits per heavy atom. The van der Waals surface area contributed by atoms with Crippen LogP contribution in [0, 0.1) is 58.6 Å². The van der Waals surface area contributed by atoms with Gasteiger partial charge in [-0.3, -0.25) is 19.2 Å². The third-order valence-electron chi connectivity index (χ3n) is 15.6. The van der Waals surface area contributed by atoms with Crippen LogP contribution in [0.2, 0.25) is 5.02 Å². The predicted molar refractivity (Wildman–Crippen MR) is 273 cm³/mol. The number of ether oxygens (including phenoxy) is 1. The highest BCUT2D eigenvalue weighted by atomic mass is 35.5. The lowest BCUT2D eigenvalue weighted by Crippen LogP contribution is -2.74. The van der Waals surface area contributed by atoms with Crippen molar-refractivity contribution >= 4 is 35.2 Å². The number of benzene rings is 3. The normalized spacial score (nSPS) is 22.8. The lowest BCUT2D eigenvalue weighted by Gasteiger charge is -2.63. The highest BCUT2D eigenvalue weighted by Crippen LogP contribution is 2.55. The van der Waals surface area contributed by atoms with E-state index in [1.165, 1.54) is 17.0 Å². The largest absolute Gasteiger partial charge is 0.489 e. The van der Waals surface area contributed by atoms with Gasteiger partial charge in [-0.2, -0.15) is 5.26 Å². The lowest BCUT2D eigenvalue weighted by atomic mass is 9.49. The smallest absolute Gasteiger partial charge is 0.251 e. The molecule has 4 unspecified atom stereocenters. The van der Waals surface area contributed by atoms with E-state index in [0.29, 0.717) is 58.0 Å². The molecule has 16 heteroatoms. The minimum absolute atomic E-state index is 0.0234. The summed E-state index contributed by atoms with van der Waals surface area (Å²) in [7, 11) is 0. The first-order valence-electron chi connectivity index (χ1n) is 25.5. The summed E-state index contributed by atoms with van der Waals surface area (Å²) in [5, 5.41) is 30.5. The number of nitrogens with zero attached hydrogens (tertiary/aromatic N) is 5. The van der Waals surface area contributed by atoms with Crippen molar-refractivity contribution in [3.05, 3.63) is 117 Å². The van der Waals surface area contributed by atoms with Crippen LogP contribution in [0.15, 0.2) is 77.3 Å². The van der Waals surface area contributed by atoms with E-state index >= 15 is 0 Å². The number of piperidine rings is 2. The van der Waals surface area contributed by atoms with E-state index in [1.54, 1.807) is 43.3 Å². The molecule has 73 heavy (non-hydrogen) atoms. The molecule has 4 fully saturated rings. The molecule has 0 radical (unpaired) electrons. The van der Waals surface area contributed by atoms with Crippen LogP contribution in [0.5, 0.6) is 5.75 Å². The first-order chi connectivity index (χ1) is 34.7. The van der Waals surface area contributed by atoms with Gasteiger partial charge in [0.2, 0.25) is 17.7 Å². The van der Waals surface area contributed by atoms with Gasteiger partial charge in [-0.05, 0) is 106 Å². The average molecular weight is 1020 g/mol. The van der Waals surface area contributed by atoms with Gasteiger partial charge in [-0.1, -0.05) is 82.3 Å². The first-order valence-corrected chi connectivity index (χ1v) is 25.9. The van der Waals surface area contributed by atoms with E-state index in [1.807, 2.05) is 43.0 Å². The second-order valence-corrected chi connectivity index (χ2v) is 22.3. The number of aromatic nitrogens is 1. The molecule has 386 valence electrons. The Morgan fingerprint density at radius 3 is 2.22 bits per heavy atom. The molecule has 8 rings (SSSR count). The van der Waals surface area contributed by atoms with Gasteiger partial charge < -0.3 is 39.7 Å². The summed E-state index contributed by atoms with van der Waals surface area (Å²) >= 11 is 6.26. The van der Waals surface area contributed by atoms with Gasteiger partial charge in [0.1, 0.15) is 41.5 Å². The number of aliphatic hydroxyl groups is 1. The highest BCUT2D eigenvalue weighted by Gasteiger charge is 2.64. The van der Waals surface area contributed by atoms with Gasteiger partial charge in [0.25, 0.3) is 5.91 Å². The number of nitrogens with one attached hydrogen (secondary N) is 2. The van der Waals surface area contributed by atoms with Crippen molar-refractivity contribution in [2.45, 2.75) is 129 Å². The van der Waals surface area contributed by atoms with Gasteiger partial charge in [0.05, 0.1) is 34.8 Å². The summed E-state index contributed by atoms with van der Waals surface area (Å²) in [6, 6.07) is 20.3. The number of rotatable bonds is 13. The molecule has 1 aliphatic carbocycles. The van der Waals surface area contributed by atoms with E-state index < -0.39 is 35.8 Å². The number of carbonyl (C=O) groups excluding carboxylic acids is 4. The molecule has 3 aromatic carbocycles. The molecule has 4 aromatic rings. The Balaban J connectivity index is 0.803. The van der Waals surface area contributed by atoms with Crippen LogP contribution in [0.4, 0.5) is 4.39 Å². The summed E-state index contributed by atoms with van der Waals surface area (Å²) in [5.41, 5.74) is 2.21. The van der Waals surface area contributed by atoms with E-state index in [0.717, 1.165) is 44.3 Å². The first kappa shape index (κ1) is 53.0. The van der Waals surface area contributed by atoms with Crippen LogP contribution in [-0.2, 0) is 14.4 Å². The minimum Gasteiger partial charge on any atom is -0.489 e. The Labute approximate surface area is 432 Å². The topological polar surface area (TPSA) is 181 Å². The average Bonchev–Trinajstić information content (AvgIpc) is 3.99. The van der Waals surface area contributed by atoms with Crippen LogP contribution in [0.25, 0.3) is 0 Å². The van der Waals surface area contributed by atoms with Crippen LogP contribution in [-0.4, -0.2) is 112 Å². The zero-order chi connectivity index (χ0) is 52.4. The molecule has 14 nitrogen and oxygen atoms in total. The number of likely N-dealkylation sites (tertiary alicyclic amines) is 3. The van der Waals surface area contributed by atoms with Crippen molar-refractivity contribution in [1.29, 1.82) is 5.26 Å². The third kappa shape index (κ3) is 11.8. The Kier molecular flexibility index (Phi) is 16.0. The van der Waals surface area contributed by atoms with Crippen molar-refractivity contribution in [3.8, 4) is 23.7 Å². The van der Waals surface area contributed by atoms with Crippen molar-refractivity contribution < 1.29 is 37.9 Å². The van der Waals surface area contributed by atoms with Gasteiger partial charge in [0, 0.05) is 78.1 Å². The Hall–Kier alpha value is -6.26. The van der Waals surface area contributed by atoms with E-state index in [9.17, 15) is 33.9 Å². The molecule has 3 N–H and O–H groups in total. The van der Waals surface area contributed by atoms with Crippen molar-refractivity contribution in [2.75, 3.05) is 32.7 Å². The zero-order valence-corrected chi connectivity index (χ0v) is 43.5. The van der Waals surface area contributed by atoms with Crippen LogP contribution < -0.4 is 15.4 Å². The van der Waals surface area contributed by atoms with Crippen molar-refractivity contribution in [1.82, 2.24) is 30.5 Å². The lowest BCUT2D eigenvalue weighted by molar-refractivity contribution is -0.164. The quantitative estimate of drug-likeness (QED) is 0.111. The van der Waals surface area contributed by atoms with Crippen LogP contribution in [0.1, 0.15) is 131 Å². The van der Waals surface area contributed by atoms with Gasteiger partial charge in [0.15, 0.2) is 0 Å². The summed E-state index contributed by atoms with van der Waals surface area (Å²) in [5.74, 6) is 5.56. The number of amides is 4. The summed E-state index contributed by atoms with van der Waals surface area (Å²) in [4.78, 5) is 61.3. The number of nitriles is 1. The molecule has 4 atom stereocenters. The number of hydrogen-bond donors (Lipinski definition) is 3. The number of aryl methyl sites for hydroxylation is 1. The van der Waals surface area contributed by atoms with Crippen LogP contribution >= 0.6 is 11.6 Å². The predicted octanol–water partition coefficient (Wildman–Crippen LogP) is 7.96.